The van der Waals surface area contributed by atoms with E-state index in [0.29, 0.717) is 12.8 Å². The van der Waals surface area contributed by atoms with Crippen LogP contribution >= 0.6 is 0 Å². The fraction of sp³-hybridized carbons (Fsp3) is 0.529. The van der Waals surface area contributed by atoms with E-state index in [9.17, 15) is 13.5 Å². The highest BCUT2D eigenvalue weighted by Gasteiger charge is 2.35. The van der Waals surface area contributed by atoms with Gasteiger partial charge in [-0.15, -0.1) is 0 Å². The molecule has 0 heterocycles. The Labute approximate surface area is 132 Å². The number of allylic oxidation sites excluding steroid dienone is 1. The van der Waals surface area contributed by atoms with Gasteiger partial charge in [0.05, 0.1) is 17.1 Å². The Kier molecular flexibility index (Phi) is 5.10. The lowest BCUT2D eigenvalue weighted by molar-refractivity contribution is -0.0352. The molecule has 0 fully saturated rings. The third-order valence-electron chi connectivity index (χ3n) is 4.46. The van der Waals surface area contributed by atoms with Crippen molar-refractivity contribution in [2.75, 3.05) is 6.61 Å². The van der Waals surface area contributed by atoms with Gasteiger partial charge in [-0.3, -0.25) is 4.18 Å². The maximum absolute atomic E-state index is 12.2. The predicted molar refractivity (Wildman–Crippen MR) is 86.0 cm³/mol. The first kappa shape index (κ1) is 17.2. The van der Waals surface area contributed by atoms with Gasteiger partial charge in [0.2, 0.25) is 0 Å². The maximum Gasteiger partial charge on any atom is 0.296 e. The average Bonchev–Trinajstić information content (AvgIpc) is 2.48. The van der Waals surface area contributed by atoms with Gasteiger partial charge in [0.1, 0.15) is 0 Å². The van der Waals surface area contributed by atoms with Crippen LogP contribution in [0.25, 0.3) is 0 Å². The first-order valence-corrected chi connectivity index (χ1v) is 8.98. The molecular formula is C17H24O4S. The van der Waals surface area contributed by atoms with Crippen LogP contribution in [-0.2, 0) is 14.3 Å². The van der Waals surface area contributed by atoms with Crippen LogP contribution in [0.5, 0.6) is 0 Å². The lowest BCUT2D eigenvalue weighted by atomic mass is 9.78. The van der Waals surface area contributed by atoms with Crippen LogP contribution in [0.15, 0.2) is 40.8 Å². The van der Waals surface area contributed by atoms with E-state index in [0.717, 1.165) is 12.0 Å². The molecule has 1 aliphatic rings. The molecule has 122 valence electrons. The summed E-state index contributed by atoms with van der Waals surface area (Å²) in [4.78, 5) is 0.150. The molecule has 1 aliphatic carbocycles. The van der Waals surface area contributed by atoms with Crippen LogP contribution in [0.3, 0.4) is 0 Å². The molecule has 0 bridgehead atoms. The summed E-state index contributed by atoms with van der Waals surface area (Å²) < 4.78 is 29.5. The molecule has 2 unspecified atom stereocenters. The van der Waals surface area contributed by atoms with Gasteiger partial charge in [-0.2, -0.15) is 8.42 Å². The smallest absolute Gasteiger partial charge is 0.296 e. The van der Waals surface area contributed by atoms with Crippen molar-refractivity contribution in [2.45, 2.75) is 50.5 Å². The second-order valence-corrected chi connectivity index (χ2v) is 7.93. The minimum absolute atomic E-state index is 0.0143. The van der Waals surface area contributed by atoms with Gasteiger partial charge in [0, 0.05) is 5.92 Å². The van der Waals surface area contributed by atoms with Crippen molar-refractivity contribution in [2.24, 2.45) is 5.92 Å². The van der Waals surface area contributed by atoms with Crippen LogP contribution in [-0.4, -0.2) is 25.7 Å². The predicted octanol–water partition coefficient (Wildman–Crippen LogP) is 3.20. The normalized spacial score (nSPS) is 23.9. The zero-order valence-electron chi connectivity index (χ0n) is 13.4. The quantitative estimate of drug-likeness (QED) is 0.667. The van der Waals surface area contributed by atoms with E-state index in [1.165, 1.54) is 17.7 Å². The average molecular weight is 324 g/mol. The number of aliphatic hydroxyl groups is 1. The highest BCUT2D eigenvalue weighted by molar-refractivity contribution is 7.86. The lowest BCUT2D eigenvalue weighted by Gasteiger charge is -2.36. The first-order chi connectivity index (χ1) is 10.2. The second kappa shape index (κ2) is 6.52. The van der Waals surface area contributed by atoms with Crippen molar-refractivity contribution < 1.29 is 17.7 Å². The van der Waals surface area contributed by atoms with Crippen molar-refractivity contribution in [1.82, 2.24) is 0 Å². The summed E-state index contributed by atoms with van der Waals surface area (Å²) in [7, 11) is -3.77. The monoisotopic (exact) mass is 324 g/mol. The Morgan fingerprint density at radius 2 is 1.91 bits per heavy atom. The molecule has 1 N–H and O–H groups in total. The molecule has 0 saturated heterocycles. The molecule has 0 saturated carbocycles. The fourth-order valence-corrected chi connectivity index (χ4v) is 3.52. The third kappa shape index (κ3) is 3.97. The Morgan fingerprint density at radius 1 is 1.27 bits per heavy atom. The van der Waals surface area contributed by atoms with Crippen LogP contribution in [0.1, 0.15) is 38.7 Å². The summed E-state index contributed by atoms with van der Waals surface area (Å²) in [5.41, 5.74) is 1.37. The summed E-state index contributed by atoms with van der Waals surface area (Å²) in [6.45, 7) is 5.76. The Hall–Kier alpha value is -1.17. The maximum atomic E-state index is 12.2. The molecule has 22 heavy (non-hydrogen) atoms. The Bertz CT molecular complexity index is 646. The van der Waals surface area contributed by atoms with E-state index < -0.39 is 15.7 Å². The largest absolute Gasteiger partial charge is 0.389 e. The van der Waals surface area contributed by atoms with Gasteiger partial charge in [-0.05, 0) is 45.2 Å². The molecule has 1 aromatic rings. The topological polar surface area (TPSA) is 63.6 Å². The lowest BCUT2D eigenvalue weighted by Crippen LogP contribution is -2.40. The van der Waals surface area contributed by atoms with Crippen molar-refractivity contribution >= 4 is 10.1 Å². The first-order valence-electron chi connectivity index (χ1n) is 7.57. The summed E-state index contributed by atoms with van der Waals surface area (Å²) >= 11 is 0. The zero-order valence-corrected chi connectivity index (χ0v) is 14.2. The zero-order chi connectivity index (χ0) is 16.4. The van der Waals surface area contributed by atoms with E-state index in [-0.39, 0.29) is 17.4 Å². The summed E-state index contributed by atoms with van der Waals surface area (Å²) in [5, 5.41) is 10.6. The van der Waals surface area contributed by atoms with E-state index >= 15 is 0 Å². The summed E-state index contributed by atoms with van der Waals surface area (Å²) in [6, 6.07) is 6.55. The molecule has 2 rings (SSSR count). The van der Waals surface area contributed by atoms with E-state index in [1.807, 2.05) is 26.8 Å². The van der Waals surface area contributed by atoms with E-state index in [1.54, 1.807) is 12.1 Å². The van der Waals surface area contributed by atoms with Crippen molar-refractivity contribution in [3.63, 3.8) is 0 Å². The number of rotatable bonds is 5. The standard InChI is InChI=1S/C17H24O4S/c1-13-4-6-16(7-5-13)22(19,20)21-12-15(3)17(18)10-8-14(2)9-11-17/h4-8,15,18H,9-12H2,1-3H3. The number of hydrogen-bond donors (Lipinski definition) is 1. The SMILES string of the molecule is CC1=CCC(O)(C(C)COS(=O)(=O)c2ccc(C)cc2)CC1. The van der Waals surface area contributed by atoms with Gasteiger partial charge < -0.3 is 5.11 Å². The molecule has 0 aliphatic heterocycles. The van der Waals surface area contributed by atoms with Crippen molar-refractivity contribution in [3.05, 3.63) is 41.5 Å². The van der Waals surface area contributed by atoms with Crippen LogP contribution in [0, 0.1) is 12.8 Å². The molecule has 5 heteroatoms. The molecule has 1 aromatic carbocycles. The molecule has 4 nitrogen and oxygen atoms in total. The summed E-state index contributed by atoms with van der Waals surface area (Å²) in [5.74, 6) is -0.253. The summed E-state index contributed by atoms with van der Waals surface area (Å²) in [6.07, 6.45) is 4.05. The van der Waals surface area contributed by atoms with Gasteiger partial charge in [-0.1, -0.05) is 36.3 Å². The van der Waals surface area contributed by atoms with Crippen molar-refractivity contribution in [1.29, 1.82) is 0 Å². The van der Waals surface area contributed by atoms with E-state index in [4.69, 9.17) is 4.18 Å². The van der Waals surface area contributed by atoms with E-state index in [2.05, 4.69) is 0 Å². The molecule has 0 spiro atoms. The molecular weight excluding hydrogens is 300 g/mol. The molecule has 0 aromatic heterocycles. The van der Waals surface area contributed by atoms with Gasteiger partial charge >= 0.3 is 0 Å². The molecule has 0 amide bonds. The highest BCUT2D eigenvalue weighted by atomic mass is 32.2. The van der Waals surface area contributed by atoms with Gasteiger partial charge in [0.25, 0.3) is 10.1 Å². The minimum atomic E-state index is -3.77. The highest BCUT2D eigenvalue weighted by Crippen LogP contribution is 2.34. The number of benzene rings is 1. The number of aryl methyl sites for hydroxylation is 1. The third-order valence-corrected chi connectivity index (χ3v) is 5.75. The van der Waals surface area contributed by atoms with Crippen molar-refractivity contribution in [3.8, 4) is 0 Å². The Morgan fingerprint density at radius 3 is 2.45 bits per heavy atom. The van der Waals surface area contributed by atoms with Crippen LogP contribution < -0.4 is 0 Å². The minimum Gasteiger partial charge on any atom is -0.389 e. The van der Waals surface area contributed by atoms with Gasteiger partial charge in [-0.25, -0.2) is 0 Å². The molecule has 0 radical (unpaired) electrons. The number of hydrogen-bond acceptors (Lipinski definition) is 4. The van der Waals surface area contributed by atoms with Gasteiger partial charge in [0.15, 0.2) is 0 Å². The molecule has 2 atom stereocenters. The second-order valence-electron chi connectivity index (χ2n) is 6.31. The fourth-order valence-electron chi connectivity index (χ4n) is 2.54. The van der Waals surface area contributed by atoms with Crippen LogP contribution in [0.2, 0.25) is 0 Å². The Balaban J connectivity index is 2.01. The van der Waals surface area contributed by atoms with Crippen LogP contribution in [0.4, 0.5) is 0 Å².